The number of carbonyl (C=O) groups excluding carboxylic acids is 1. The van der Waals surface area contributed by atoms with Crippen molar-refractivity contribution in [1.82, 2.24) is 13.8 Å². The van der Waals surface area contributed by atoms with E-state index < -0.39 is 10.0 Å². The van der Waals surface area contributed by atoms with Gasteiger partial charge in [0, 0.05) is 49.2 Å². The molecule has 32 heavy (non-hydrogen) atoms. The highest BCUT2D eigenvalue weighted by Gasteiger charge is 2.31. The van der Waals surface area contributed by atoms with Crippen LogP contribution in [-0.2, 0) is 10.0 Å². The number of nitrogens with zero attached hydrogens (tertiary/aromatic N) is 3. The zero-order chi connectivity index (χ0) is 23.0. The quantitative estimate of drug-likeness (QED) is 0.566. The van der Waals surface area contributed by atoms with Crippen LogP contribution in [0.25, 0.3) is 0 Å². The highest BCUT2D eigenvalue weighted by Crippen LogP contribution is 2.38. The number of ketones is 1. The van der Waals surface area contributed by atoms with Crippen molar-refractivity contribution in [3.63, 3.8) is 0 Å². The highest BCUT2D eigenvalue weighted by atomic mass is 32.2. The van der Waals surface area contributed by atoms with Crippen molar-refractivity contribution >= 4 is 15.8 Å². The Morgan fingerprint density at radius 1 is 1.06 bits per heavy atom. The summed E-state index contributed by atoms with van der Waals surface area (Å²) in [5.41, 5.74) is 3.00. The Morgan fingerprint density at radius 3 is 2.25 bits per heavy atom. The van der Waals surface area contributed by atoms with Crippen LogP contribution in [0.15, 0.2) is 35.2 Å². The van der Waals surface area contributed by atoms with Gasteiger partial charge in [0.15, 0.2) is 5.78 Å². The minimum atomic E-state index is -3.56. The highest BCUT2D eigenvalue weighted by molar-refractivity contribution is 7.89. The zero-order valence-electron chi connectivity index (χ0n) is 19.4. The summed E-state index contributed by atoms with van der Waals surface area (Å²) in [6.45, 7) is 10.1. The summed E-state index contributed by atoms with van der Waals surface area (Å²) in [5, 5.41) is 0. The molecule has 7 nitrogen and oxygen atoms in total. The van der Waals surface area contributed by atoms with Gasteiger partial charge in [-0.25, -0.2) is 8.42 Å². The predicted octanol–water partition coefficient (Wildman–Crippen LogP) is 3.42. The van der Waals surface area contributed by atoms with Crippen molar-refractivity contribution in [2.24, 2.45) is 0 Å². The molecule has 2 heterocycles. The molecule has 0 bridgehead atoms. The van der Waals surface area contributed by atoms with Gasteiger partial charge >= 0.3 is 0 Å². The molecule has 174 valence electrons. The fraction of sp³-hybridized carbons (Fsp3) is 0.542. The molecule has 1 saturated heterocycles. The average molecular weight is 460 g/mol. The standard InChI is InChI=1S/C24H33N3O4S/c1-17(2)31-21-7-9-22(10-8-21)32(29,30)26-13-11-25(12-14-26)16-24(28)23-15-18(3)27(19(23)4)20-5-6-20/h7-10,15,17,20H,5-6,11-14,16H2,1-4H3. The lowest BCUT2D eigenvalue weighted by Gasteiger charge is -2.33. The summed E-state index contributed by atoms with van der Waals surface area (Å²) >= 11 is 0. The lowest BCUT2D eigenvalue weighted by Crippen LogP contribution is -2.49. The average Bonchev–Trinajstić information content (AvgIpc) is 3.52. The van der Waals surface area contributed by atoms with Gasteiger partial charge in [-0.05, 0) is 70.9 Å². The van der Waals surface area contributed by atoms with Gasteiger partial charge in [0.05, 0.1) is 17.5 Å². The topological polar surface area (TPSA) is 71.8 Å². The minimum Gasteiger partial charge on any atom is -0.491 e. The molecular formula is C24H33N3O4S. The van der Waals surface area contributed by atoms with Crippen LogP contribution in [0.2, 0.25) is 0 Å². The van der Waals surface area contributed by atoms with Crippen LogP contribution in [0.4, 0.5) is 0 Å². The molecule has 0 unspecified atom stereocenters. The smallest absolute Gasteiger partial charge is 0.243 e. The molecular weight excluding hydrogens is 426 g/mol. The molecule has 8 heteroatoms. The van der Waals surface area contributed by atoms with Gasteiger partial charge in [0.1, 0.15) is 5.75 Å². The number of rotatable bonds is 8. The Labute approximate surface area is 191 Å². The van der Waals surface area contributed by atoms with Crippen LogP contribution in [0.1, 0.15) is 54.5 Å². The third-order valence-corrected chi connectivity index (χ3v) is 8.14. The first kappa shape index (κ1) is 23.0. The molecule has 0 radical (unpaired) electrons. The van der Waals surface area contributed by atoms with Gasteiger partial charge in [0.2, 0.25) is 10.0 Å². The zero-order valence-corrected chi connectivity index (χ0v) is 20.2. The second-order valence-electron chi connectivity index (χ2n) is 9.13. The third kappa shape index (κ3) is 4.77. The number of aromatic nitrogens is 1. The number of sulfonamides is 1. The van der Waals surface area contributed by atoms with Crippen molar-refractivity contribution in [1.29, 1.82) is 0 Å². The van der Waals surface area contributed by atoms with E-state index in [1.807, 2.05) is 26.8 Å². The van der Waals surface area contributed by atoms with E-state index in [0.717, 1.165) is 17.0 Å². The number of Topliss-reactive ketones (excluding diaryl/α,β-unsaturated/α-hetero) is 1. The molecule has 1 aromatic carbocycles. The third-order valence-electron chi connectivity index (χ3n) is 6.23. The first-order chi connectivity index (χ1) is 15.2. The molecule has 2 fully saturated rings. The predicted molar refractivity (Wildman–Crippen MR) is 124 cm³/mol. The van der Waals surface area contributed by atoms with Gasteiger partial charge < -0.3 is 9.30 Å². The van der Waals surface area contributed by atoms with E-state index in [9.17, 15) is 13.2 Å². The number of aryl methyl sites for hydroxylation is 1. The molecule has 0 atom stereocenters. The fourth-order valence-corrected chi connectivity index (χ4v) is 5.90. The Morgan fingerprint density at radius 2 is 1.69 bits per heavy atom. The van der Waals surface area contributed by atoms with E-state index in [2.05, 4.69) is 16.4 Å². The number of carbonyl (C=O) groups is 1. The van der Waals surface area contributed by atoms with E-state index in [4.69, 9.17) is 4.74 Å². The molecule has 4 rings (SSSR count). The van der Waals surface area contributed by atoms with E-state index in [1.54, 1.807) is 24.3 Å². The molecule has 0 spiro atoms. The summed E-state index contributed by atoms with van der Waals surface area (Å²) in [5.74, 6) is 0.769. The fourth-order valence-electron chi connectivity index (χ4n) is 4.48. The van der Waals surface area contributed by atoms with Crippen LogP contribution in [0, 0.1) is 13.8 Å². The summed E-state index contributed by atoms with van der Waals surface area (Å²) in [6.07, 6.45) is 2.41. The van der Waals surface area contributed by atoms with E-state index >= 15 is 0 Å². The molecule has 2 aliphatic rings. The largest absolute Gasteiger partial charge is 0.491 e. The maximum absolute atomic E-state index is 13.0. The van der Waals surface area contributed by atoms with Crippen molar-refractivity contribution in [2.45, 2.75) is 57.6 Å². The summed E-state index contributed by atoms with van der Waals surface area (Å²) in [4.78, 5) is 15.3. The van der Waals surface area contributed by atoms with Crippen molar-refractivity contribution in [2.75, 3.05) is 32.7 Å². The number of ether oxygens (including phenoxy) is 1. The normalized spacial score (nSPS) is 18.3. The second kappa shape index (κ2) is 9.00. The summed E-state index contributed by atoms with van der Waals surface area (Å²) in [6, 6.07) is 9.14. The van der Waals surface area contributed by atoms with Crippen molar-refractivity contribution in [3.05, 3.63) is 47.3 Å². The van der Waals surface area contributed by atoms with E-state index in [-0.39, 0.29) is 16.8 Å². The van der Waals surface area contributed by atoms with E-state index in [0.29, 0.717) is 44.5 Å². The first-order valence-corrected chi connectivity index (χ1v) is 12.8. The van der Waals surface area contributed by atoms with Gasteiger partial charge in [0.25, 0.3) is 0 Å². The summed E-state index contributed by atoms with van der Waals surface area (Å²) in [7, 11) is -3.56. The molecule has 1 aliphatic carbocycles. The Bertz CT molecular complexity index is 1080. The van der Waals surface area contributed by atoms with Gasteiger partial charge in [-0.2, -0.15) is 4.31 Å². The number of piperazine rings is 1. The summed E-state index contributed by atoms with van der Waals surface area (Å²) < 4.78 is 35.4. The van der Waals surface area contributed by atoms with E-state index in [1.165, 1.54) is 17.1 Å². The van der Waals surface area contributed by atoms with Crippen molar-refractivity contribution < 1.29 is 17.9 Å². The monoisotopic (exact) mass is 459 g/mol. The Hall–Kier alpha value is -2.16. The Balaban J connectivity index is 1.35. The van der Waals surface area contributed by atoms with Gasteiger partial charge in [-0.1, -0.05) is 0 Å². The van der Waals surface area contributed by atoms with Crippen LogP contribution >= 0.6 is 0 Å². The molecule has 1 aromatic heterocycles. The van der Waals surface area contributed by atoms with Crippen LogP contribution in [-0.4, -0.2) is 66.8 Å². The number of hydrogen-bond donors (Lipinski definition) is 0. The van der Waals surface area contributed by atoms with Crippen molar-refractivity contribution in [3.8, 4) is 5.75 Å². The van der Waals surface area contributed by atoms with Gasteiger partial charge in [-0.3, -0.25) is 9.69 Å². The second-order valence-corrected chi connectivity index (χ2v) is 11.1. The molecule has 1 saturated carbocycles. The molecule has 0 amide bonds. The first-order valence-electron chi connectivity index (χ1n) is 11.4. The lowest BCUT2D eigenvalue weighted by atomic mass is 10.1. The Kier molecular flexibility index (Phi) is 6.47. The van der Waals surface area contributed by atoms with Crippen LogP contribution in [0.5, 0.6) is 5.75 Å². The maximum atomic E-state index is 13.0. The minimum absolute atomic E-state index is 0.0354. The molecule has 2 aromatic rings. The molecule has 1 aliphatic heterocycles. The number of hydrogen-bond acceptors (Lipinski definition) is 5. The molecule has 0 N–H and O–H groups in total. The van der Waals surface area contributed by atoms with Crippen LogP contribution in [0.3, 0.4) is 0 Å². The van der Waals surface area contributed by atoms with Crippen LogP contribution < -0.4 is 4.74 Å². The van der Waals surface area contributed by atoms with Gasteiger partial charge in [-0.15, -0.1) is 0 Å². The number of benzene rings is 1. The SMILES string of the molecule is Cc1cc(C(=O)CN2CCN(S(=O)(=O)c3ccc(OC(C)C)cc3)CC2)c(C)n1C1CC1. The maximum Gasteiger partial charge on any atom is 0.243 e. The lowest BCUT2D eigenvalue weighted by molar-refractivity contribution is 0.0901.